The maximum atomic E-state index is 13.1. The van der Waals surface area contributed by atoms with Crippen LogP contribution in [0.1, 0.15) is 0 Å². The van der Waals surface area contributed by atoms with E-state index >= 15 is 0 Å². The number of rotatable bonds is 3. The Labute approximate surface area is 175 Å². The molecule has 0 aliphatic heterocycles. The monoisotopic (exact) mass is 450 g/mol. The quantitative estimate of drug-likeness (QED) is 0.440. The topological polar surface area (TPSA) is 59.0 Å². The summed E-state index contributed by atoms with van der Waals surface area (Å²) in [5.41, 5.74) is 5.02. The minimum absolute atomic E-state index is 0.218. The third-order valence-corrected chi connectivity index (χ3v) is 4.85. The minimum Gasteiger partial charge on any atom is -0.331 e. The Morgan fingerprint density at radius 1 is 0.929 bits per heavy atom. The Kier molecular flexibility index (Phi) is 5.18. The second-order valence-electron chi connectivity index (χ2n) is 6.03. The van der Waals surface area contributed by atoms with Gasteiger partial charge >= 0.3 is 0 Å². The van der Waals surface area contributed by atoms with E-state index in [0.717, 1.165) is 15.7 Å². The van der Waals surface area contributed by atoms with E-state index in [2.05, 4.69) is 31.7 Å². The fraction of sp³-hybridized carbons (Fsp3) is 0. The van der Waals surface area contributed by atoms with E-state index in [1.54, 1.807) is 6.07 Å². The highest BCUT2D eigenvalue weighted by Crippen LogP contribution is 2.18. The molecule has 0 bridgehead atoms. The van der Waals surface area contributed by atoms with Crippen LogP contribution in [0.15, 0.2) is 88.1 Å². The van der Waals surface area contributed by atoms with Crippen LogP contribution < -0.4 is 16.3 Å². The molecule has 3 aromatic carbocycles. The van der Waals surface area contributed by atoms with Gasteiger partial charge in [0, 0.05) is 15.7 Å². The number of aromatic nitrogens is 2. The molecular formula is C21H15BrN4OS. The molecule has 1 aromatic heterocycles. The lowest BCUT2D eigenvalue weighted by Gasteiger charge is -2.17. The second-order valence-corrected chi connectivity index (χ2v) is 7.36. The van der Waals surface area contributed by atoms with Crippen molar-refractivity contribution in [2.75, 3.05) is 10.7 Å². The number of halogens is 1. The lowest BCUT2D eigenvalue weighted by atomic mass is 10.2. The summed E-state index contributed by atoms with van der Waals surface area (Å²) in [7, 11) is 0. The van der Waals surface area contributed by atoms with E-state index in [4.69, 9.17) is 12.2 Å². The first-order chi connectivity index (χ1) is 13.6. The van der Waals surface area contributed by atoms with Crippen LogP contribution in [0.4, 0.5) is 5.69 Å². The molecule has 0 atom stereocenters. The summed E-state index contributed by atoms with van der Waals surface area (Å²) in [4.78, 5) is 17.8. The predicted octanol–water partition coefficient (Wildman–Crippen LogP) is 4.77. The lowest BCUT2D eigenvalue weighted by Crippen LogP contribution is -2.37. The average Bonchev–Trinajstić information content (AvgIpc) is 2.72. The van der Waals surface area contributed by atoms with Crippen LogP contribution in [0.5, 0.6) is 0 Å². The van der Waals surface area contributed by atoms with E-state index in [0.29, 0.717) is 21.8 Å². The summed E-state index contributed by atoms with van der Waals surface area (Å²) in [5, 5.41) is 3.89. The van der Waals surface area contributed by atoms with E-state index in [1.807, 2.05) is 72.8 Å². The Morgan fingerprint density at radius 3 is 2.36 bits per heavy atom. The van der Waals surface area contributed by atoms with E-state index < -0.39 is 0 Å². The Balaban J connectivity index is 1.76. The van der Waals surface area contributed by atoms with Crippen LogP contribution in [0.25, 0.3) is 22.3 Å². The molecule has 1 heterocycles. The Morgan fingerprint density at radius 2 is 1.61 bits per heavy atom. The van der Waals surface area contributed by atoms with Crippen LogP contribution in [0.2, 0.25) is 0 Å². The molecule has 0 aliphatic rings. The summed E-state index contributed by atoms with van der Waals surface area (Å²) in [5.74, 6) is 0.490. The fourth-order valence-corrected chi connectivity index (χ4v) is 3.28. The highest BCUT2D eigenvalue weighted by atomic mass is 79.9. The number of hydrogen-bond acceptors (Lipinski definition) is 3. The molecule has 0 fully saturated rings. The summed E-state index contributed by atoms with van der Waals surface area (Å²) in [6.07, 6.45) is 0. The number of anilines is 1. The van der Waals surface area contributed by atoms with Crippen LogP contribution in [-0.2, 0) is 0 Å². The predicted molar refractivity (Wildman–Crippen MR) is 121 cm³/mol. The summed E-state index contributed by atoms with van der Waals surface area (Å²) >= 11 is 8.82. The highest BCUT2D eigenvalue weighted by molar-refractivity contribution is 9.10. The molecule has 28 heavy (non-hydrogen) atoms. The number of nitrogens with one attached hydrogen (secondary N) is 2. The molecule has 0 saturated heterocycles. The first kappa shape index (κ1) is 18.3. The van der Waals surface area contributed by atoms with Crippen LogP contribution in [-0.4, -0.2) is 14.8 Å². The van der Waals surface area contributed by atoms with Crippen molar-refractivity contribution in [3.05, 3.63) is 93.7 Å². The van der Waals surface area contributed by atoms with Gasteiger partial charge in [-0.1, -0.05) is 58.4 Å². The maximum Gasteiger partial charge on any atom is 0.280 e. The van der Waals surface area contributed by atoms with Gasteiger partial charge in [0.2, 0.25) is 0 Å². The van der Waals surface area contributed by atoms with Gasteiger partial charge in [0.1, 0.15) is 0 Å². The number of fused-ring (bicyclic) bond motifs is 1. The third-order valence-electron chi connectivity index (χ3n) is 4.12. The maximum absolute atomic E-state index is 13.1. The van der Waals surface area contributed by atoms with Gasteiger partial charge in [-0.15, -0.1) is 0 Å². The zero-order valence-corrected chi connectivity index (χ0v) is 17.0. The second kappa shape index (κ2) is 7.92. The lowest BCUT2D eigenvalue weighted by molar-refractivity contribution is 0.909. The third kappa shape index (κ3) is 3.81. The highest BCUT2D eigenvalue weighted by Gasteiger charge is 2.13. The van der Waals surface area contributed by atoms with E-state index in [9.17, 15) is 4.79 Å². The average molecular weight is 451 g/mol. The van der Waals surface area contributed by atoms with Crippen LogP contribution in [0, 0.1) is 0 Å². The van der Waals surface area contributed by atoms with Gasteiger partial charge in [0.15, 0.2) is 10.9 Å². The standard InChI is InChI=1S/C21H15BrN4OS/c22-15-10-12-16(13-11-15)23-21(28)25-26-19(14-6-2-1-3-7-14)24-18-9-5-4-8-17(18)20(26)27/h1-13H,(H2,23,25,28). The van der Waals surface area contributed by atoms with Crippen LogP contribution >= 0.6 is 28.1 Å². The van der Waals surface area contributed by atoms with Crippen molar-refractivity contribution < 1.29 is 0 Å². The summed E-state index contributed by atoms with van der Waals surface area (Å²) in [6, 6.07) is 24.4. The van der Waals surface area contributed by atoms with Gasteiger partial charge in [-0.05, 0) is 48.6 Å². The van der Waals surface area contributed by atoms with Crippen molar-refractivity contribution in [3.8, 4) is 11.4 Å². The van der Waals surface area contributed by atoms with Gasteiger partial charge in [-0.2, -0.15) is 4.68 Å². The molecular weight excluding hydrogens is 436 g/mol. The van der Waals surface area contributed by atoms with Crippen molar-refractivity contribution in [2.24, 2.45) is 0 Å². The van der Waals surface area contributed by atoms with Crippen molar-refractivity contribution in [2.45, 2.75) is 0 Å². The summed E-state index contributed by atoms with van der Waals surface area (Å²) in [6.45, 7) is 0. The zero-order chi connectivity index (χ0) is 19.5. The molecule has 4 rings (SSSR count). The number of hydrogen-bond donors (Lipinski definition) is 2. The van der Waals surface area contributed by atoms with Gasteiger partial charge in [-0.3, -0.25) is 10.2 Å². The molecule has 0 spiro atoms. The largest absolute Gasteiger partial charge is 0.331 e. The fourth-order valence-electron chi connectivity index (χ4n) is 2.81. The molecule has 0 unspecified atom stereocenters. The zero-order valence-electron chi connectivity index (χ0n) is 14.6. The smallest absolute Gasteiger partial charge is 0.280 e. The van der Waals surface area contributed by atoms with Gasteiger partial charge < -0.3 is 5.32 Å². The van der Waals surface area contributed by atoms with Crippen molar-refractivity contribution >= 4 is 49.9 Å². The van der Waals surface area contributed by atoms with Crippen molar-refractivity contribution in [1.82, 2.24) is 9.66 Å². The van der Waals surface area contributed by atoms with E-state index in [1.165, 1.54) is 4.68 Å². The van der Waals surface area contributed by atoms with Gasteiger partial charge in [0.05, 0.1) is 10.9 Å². The molecule has 0 radical (unpaired) electrons. The van der Waals surface area contributed by atoms with E-state index in [-0.39, 0.29) is 5.56 Å². The Hall–Kier alpha value is -3.03. The number of thiocarbonyl (C=S) groups is 1. The van der Waals surface area contributed by atoms with Crippen molar-refractivity contribution in [1.29, 1.82) is 0 Å². The SMILES string of the molecule is O=c1c2ccccc2nc(-c2ccccc2)n1NC(=S)Nc1ccc(Br)cc1. The number of benzene rings is 3. The minimum atomic E-state index is -0.218. The number of nitrogens with zero attached hydrogens (tertiary/aromatic N) is 2. The van der Waals surface area contributed by atoms with Gasteiger partial charge in [0.25, 0.3) is 5.56 Å². The molecule has 0 aliphatic carbocycles. The molecule has 0 saturated carbocycles. The number of para-hydroxylation sites is 1. The normalized spacial score (nSPS) is 10.6. The van der Waals surface area contributed by atoms with Crippen molar-refractivity contribution in [3.63, 3.8) is 0 Å². The molecule has 2 N–H and O–H groups in total. The molecule has 5 nitrogen and oxygen atoms in total. The van der Waals surface area contributed by atoms with Gasteiger partial charge in [-0.25, -0.2) is 4.98 Å². The molecule has 4 aromatic rings. The molecule has 138 valence electrons. The first-order valence-corrected chi connectivity index (χ1v) is 9.73. The Bertz CT molecular complexity index is 1210. The first-order valence-electron chi connectivity index (χ1n) is 8.52. The molecule has 7 heteroatoms. The van der Waals surface area contributed by atoms with Crippen LogP contribution in [0.3, 0.4) is 0 Å². The molecule has 0 amide bonds. The summed E-state index contributed by atoms with van der Waals surface area (Å²) < 4.78 is 2.35.